The summed E-state index contributed by atoms with van der Waals surface area (Å²) in [5.74, 6) is -0.912. The molecule has 2 heterocycles. The Hall–Kier alpha value is -3.48. The highest BCUT2D eigenvalue weighted by molar-refractivity contribution is 6.52. The van der Waals surface area contributed by atoms with Gasteiger partial charge in [0.15, 0.2) is 0 Å². The fourth-order valence-electron chi connectivity index (χ4n) is 4.72. The molecule has 1 aromatic heterocycles. The van der Waals surface area contributed by atoms with E-state index in [1.54, 1.807) is 6.07 Å². The van der Waals surface area contributed by atoms with Gasteiger partial charge in [0.1, 0.15) is 6.67 Å². The first-order valence-electron chi connectivity index (χ1n) is 11.0. The van der Waals surface area contributed by atoms with Crippen molar-refractivity contribution in [2.75, 3.05) is 20.3 Å². The third-order valence-electron chi connectivity index (χ3n) is 6.30. The molecule has 3 aromatic carbocycles. The van der Waals surface area contributed by atoms with E-state index < -0.39 is 18.5 Å². The Balaban J connectivity index is 1.78. The molecule has 7 heteroatoms. The van der Waals surface area contributed by atoms with Crippen molar-refractivity contribution in [2.24, 2.45) is 7.05 Å². The van der Waals surface area contributed by atoms with Gasteiger partial charge >= 0.3 is 0 Å². The van der Waals surface area contributed by atoms with Crippen molar-refractivity contribution in [1.29, 1.82) is 0 Å². The van der Waals surface area contributed by atoms with Gasteiger partial charge in [-0.15, -0.1) is 0 Å². The monoisotopic (exact) mass is 475 g/mol. The third-order valence-corrected chi connectivity index (χ3v) is 6.62. The van der Waals surface area contributed by atoms with Crippen LogP contribution in [0.15, 0.2) is 60.8 Å². The Morgan fingerprint density at radius 2 is 1.74 bits per heavy atom. The molecule has 4 aromatic rings. The number of aryl methyl sites for hydroxylation is 1. The van der Waals surface area contributed by atoms with E-state index in [1.807, 2.05) is 78.3 Å². The average Bonchev–Trinajstić information content (AvgIpc) is 3.29. The quantitative estimate of drug-likeness (QED) is 0.401. The predicted octanol–water partition coefficient (Wildman–Crippen LogP) is 4.95. The summed E-state index contributed by atoms with van der Waals surface area (Å²) >= 11 is 6.69. The first-order valence-corrected chi connectivity index (χ1v) is 11.4. The number of amides is 2. The Labute approximate surface area is 201 Å². The number of carbonyl (C=O) groups excluding carboxylic acids is 2. The number of fused-ring (bicyclic) bond motifs is 2. The molecule has 0 saturated carbocycles. The molecule has 0 spiro atoms. The fourth-order valence-corrected chi connectivity index (χ4v) is 4.98. The van der Waals surface area contributed by atoms with Crippen LogP contribution in [-0.4, -0.2) is 41.5 Å². The second-order valence-electron chi connectivity index (χ2n) is 8.61. The molecule has 34 heavy (non-hydrogen) atoms. The van der Waals surface area contributed by atoms with Gasteiger partial charge in [-0.25, -0.2) is 4.39 Å². The second-order valence-corrected chi connectivity index (χ2v) is 9.02. The summed E-state index contributed by atoms with van der Waals surface area (Å²) in [5, 5.41) is 5.41. The number of imide groups is 1. The zero-order chi connectivity index (χ0) is 24.0. The van der Waals surface area contributed by atoms with Crippen molar-refractivity contribution < 1.29 is 14.0 Å². The van der Waals surface area contributed by atoms with Crippen molar-refractivity contribution in [1.82, 2.24) is 14.8 Å². The predicted molar refractivity (Wildman–Crippen MR) is 134 cm³/mol. The minimum Gasteiger partial charge on any atom is -0.350 e. The number of benzene rings is 3. The number of hydrogen-bond donors (Lipinski definition) is 1. The Morgan fingerprint density at radius 1 is 1.00 bits per heavy atom. The molecule has 0 fully saturated rings. The first kappa shape index (κ1) is 22.3. The molecule has 5 nitrogen and oxygen atoms in total. The van der Waals surface area contributed by atoms with Crippen molar-refractivity contribution in [3.8, 4) is 0 Å². The van der Waals surface area contributed by atoms with Gasteiger partial charge in [-0.1, -0.05) is 48.0 Å². The van der Waals surface area contributed by atoms with Crippen LogP contribution in [0.4, 0.5) is 4.39 Å². The van der Waals surface area contributed by atoms with Crippen LogP contribution in [0.1, 0.15) is 16.7 Å². The summed E-state index contributed by atoms with van der Waals surface area (Å²) in [6, 6.07) is 17.3. The molecule has 1 aliphatic heterocycles. The van der Waals surface area contributed by atoms with Crippen molar-refractivity contribution in [2.45, 2.75) is 6.54 Å². The van der Waals surface area contributed by atoms with Gasteiger partial charge in [0.05, 0.1) is 11.1 Å². The number of aromatic nitrogens is 1. The Bertz CT molecular complexity index is 1500. The van der Waals surface area contributed by atoms with Crippen molar-refractivity contribution in [3.05, 3.63) is 82.5 Å². The number of alkyl halides is 1. The highest BCUT2D eigenvalue weighted by Gasteiger charge is 2.35. The van der Waals surface area contributed by atoms with Gasteiger partial charge in [0.25, 0.3) is 11.8 Å². The summed E-state index contributed by atoms with van der Waals surface area (Å²) in [6.45, 7) is 0.449. The van der Waals surface area contributed by atoms with E-state index in [0.29, 0.717) is 34.8 Å². The third kappa shape index (κ3) is 3.69. The maximum absolute atomic E-state index is 13.2. The lowest BCUT2D eigenvalue weighted by Gasteiger charge is -2.16. The van der Waals surface area contributed by atoms with Crippen LogP contribution in [0.3, 0.4) is 0 Å². The second kappa shape index (κ2) is 8.70. The van der Waals surface area contributed by atoms with Crippen molar-refractivity contribution >= 4 is 56.2 Å². The first-order chi connectivity index (χ1) is 16.4. The van der Waals surface area contributed by atoms with Crippen LogP contribution in [0, 0.1) is 0 Å². The molecule has 0 atom stereocenters. The maximum atomic E-state index is 13.2. The molecule has 1 N–H and O–H groups in total. The number of hydrogen-bond acceptors (Lipinski definition) is 3. The van der Waals surface area contributed by atoms with E-state index in [-0.39, 0.29) is 5.57 Å². The molecule has 0 aliphatic carbocycles. The molecule has 172 valence electrons. The van der Waals surface area contributed by atoms with Crippen LogP contribution in [0.5, 0.6) is 0 Å². The lowest BCUT2D eigenvalue weighted by molar-refractivity contribution is -0.122. The lowest BCUT2D eigenvalue weighted by atomic mass is 9.91. The number of halogens is 2. The van der Waals surface area contributed by atoms with Gasteiger partial charge in [-0.05, 0) is 41.6 Å². The zero-order valence-corrected chi connectivity index (χ0v) is 19.6. The van der Waals surface area contributed by atoms with E-state index in [1.165, 1.54) is 0 Å². The number of rotatable bonds is 6. The Kier molecular flexibility index (Phi) is 5.71. The van der Waals surface area contributed by atoms with Gasteiger partial charge < -0.3 is 4.57 Å². The summed E-state index contributed by atoms with van der Waals surface area (Å²) in [7, 11) is 3.76. The zero-order valence-electron chi connectivity index (χ0n) is 18.9. The van der Waals surface area contributed by atoms with E-state index in [2.05, 4.69) is 5.32 Å². The molecule has 1 aliphatic rings. The summed E-state index contributed by atoms with van der Waals surface area (Å²) in [6.07, 6.45) is 1.87. The molecule has 0 saturated heterocycles. The molecule has 0 bridgehead atoms. The molecular formula is C27H23ClFN3O2. The highest BCUT2D eigenvalue weighted by Crippen LogP contribution is 2.41. The van der Waals surface area contributed by atoms with Gasteiger partial charge in [0.2, 0.25) is 0 Å². The molecule has 5 rings (SSSR count). The fraction of sp³-hybridized carbons (Fsp3) is 0.185. The minimum atomic E-state index is -0.470. The largest absolute Gasteiger partial charge is 0.350 e. The summed E-state index contributed by atoms with van der Waals surface area (Å²) < 4.78 is 14.7. The topological polar surface area (TPSA) is 54.3 Å². The Morgan fingerprint density at radius 3 is 2.53 bits per heavy atom. The van der Waals surface area contributed by atoms with Crippen LogP contribution < -0.4 is 5.32 Å². The smallest absolute Gasteiger partial charge is 0.259 e. The average molecular weight is 476 g/mol. The van der Waals surface area contributed by atoms with Crippen molar-refractivity contribution in [3.63, 3.8) is 0 Å². The highest BCUT2D eigenvalue weighted by atomic mass is 35.5. The van der Waals surface area contributed by atoms with Gasteiger partial charge in [-0.3, -0.25) is 19.8 Å². The summed E-state index contributed by atoms with van der Waals surface area (Å²) in [5.41, 5.74) is 3.72. The van der Waals surface area contributed by atoms with Crippen LogP contribution in [0.2, 0.25) is 5.02 Å². The van der Waals surface area contributed by atoms with Crippen LogP contribution in [-0.2, 0) is 23.2 Å². The van der Waals surface area contributed by atoms with E-state index in [9.17, 15) is 14.0 Å². The minimum absolute atomic E-state index is 0.270. The molecule has 0 radical (unpaired) electrons. The van der Waals surface area contributed by atoms with Gasteiger partial charge in [-0.2, -0.15) is 0 Å². The lowest BCUT2D eigenvalue weighted by Crippen LogP contribution is -2.22. The SMILES string of the molecule is CN(CCF)Cc1ccc2ccc(Cl)c(C3=C(c4cn(C)c5ccccc45)C(=O)NC3=O)c2c1. The van der Waals surface area contributed by atoms with Crippen LogP contribution in [0.25, 0.3) is 32.8 Å². The molecular weight excluding hydrogens is 453 g/mol. The number of para-hydroxylation sites is 1. The summed E-state index contributed by atoms with van der Waals surface area (Å²) in [4.78, 5) is 28.1. The normalized spacial score (nSPS) is 14.1. The van der Waals surface area contributed by atoms with E-state index in [4.69, 9.17) is 11.6 Å². The maximum Gasteiger partial charge on any atom is 0.259 e. The van der Waals surface area contributed by atoms with E-state index in [0.717, 1.165) is 27.2 Å². The van der Waals surface area contributed by atoms with E-state index >= 15 is 0 Å². The number of carbonyl (C=O) groups is 2. The number of nitrogens with zero attached hydrogens (tertiary/aromatic N) is 2. The standard InChI is InChI=1S/C27H23ClFN3O2/c1-31(12-11-29)14-16-7-8-17-9-10-21(28)23(19(17)13-16)25-24(26(33)30-27(25)34)20-15-32(2)22-6-4-3-5-18(20)22/h3-10,13,15H,11-12,14H2,1-2H3,(H,30,33,34). The number of nitrogens with one attached hydrogen (secondary N) is 1. The molecule has 2 amide bonds. The van der Waals surface area contributed by atoms with Crippen LogP contribution >= 0.6 is 11.6 Å². The van der Waals surface area contributed by atoms with Gasteiger partial charge in [0, 0.05) is 53.4 Å². The molecule has 0 unspecified atom stereocenters.